The molecule has 0 bridgehead atoms. The number of urea groups is 1. The number of pyridine rings is 1. The third-order valence-electron chi connectivity index (χ3n) is 4.71. The average Bonchev–Trinajstić information content (AvgIpc) is 2.70. The van der Waals surface area contributed by atoms with Gasteiger partial charge in [0.15, 0.2) is 0 Å². The summed E-state index contributed by atoms with van der Waals surface area (Å²) >= 11 is 0. The second kappa shape index (κ2) is 9.71. The summed E-state index contributed by atoms with van der Waals surface area (Å²) in [6.07, 6.45) is 7.68. The number of amides is 3. The number of carbonyl (C=O) groups is 2. The Hall–Kier alpha value is -2.89. The SMILES string of the molecule is O=C(Cc1ccccc1)Nc1cnccc1CCNC(=O)N1CCCCC1. The molecule has 27 heavy (non-hydrogen) atoms. The molecule has 0 unspecified atom stereocenters. The van der Waals surface area contributed by atoms with Gasteiger partial charge in [0, 0.05) is 25.8 Å². The van der Waals surface area contributed by atoms with Crippen LogP contribution in [0.2, 0.25) is 0 Å². The molecule has 1 aromatic carbocycles. The van der Waals surface area contributed by atoms with Gasteiger partial charge in [-0.15, -0.1) is 0 Å². The Balaban J connectivity index is 1.51. The molecule has 1 saturated heterocycles. The average molecular weight is 366 g/mol. The highest BCUT2D eigenvalue weighted by molar-refractivity contribution is 5.92. The van der Waals surface area contributed by atoms with E-state index in [9.17, 15) is 9.59 Å². The topological polar surface area (TPSA) is 74.3 Å². The lowest BCUT2D eigenvalue weighted by Crippen LogP contribution is -2.43. The fourth-order valence-electron chi connectivity index (χ4n) is 3.24. The van der Waals surface area contributed by atoms with Gasteiger partial charge >= 0.3 is 6.03 Å². The minimum atomic E-state index is -0.0761. The fourth-order valence-corrected chi connectivity index (χ4v) is 3.24. The van der Waals surface area contributed by atoms with Crippen molar-refractivity contribution < 1.29 is 9.59 Å². The van der Waals surface area contributed by atoms with Gasteiger partial charge in [-0.3, -0.25) is 9.78 Å². The van der Waals surface area contributed by atoms with Gasteiger partial charge in [-0.2, -0.15) is 0 Å². The number of anilines is 1. The summed E-state index contributed by atoms with van der Waals surface area (Å²) in [4.78, 5) is 30.5. The van der Waals surface area contributed by atoms with E-state index < -0.39 is 0 Å². The Labute approximate surface area is 160 Å². The van der Waals surface area contributed by atoms with E-state index in [2.05, 4.69) is 15.6 Å². The Kier molecular flexibility index (Phi) is 6.79. The number of hydrogen-bond acceptors (Lipinski definition) is 3. The van der Waals surface area contributed by atoms with Crippen LogP contribution in [-0.2, 0) is 17.6 Å². The van der Waals surface area contributed by atoms with Crippen molar-refractivity contribution in [2.24, 2.45) is 0 Å². The summed E-state index contributed by atoms with van der Waals surface area (Å²) in [5.41, 5.74) is 2.63. The molecule has 6 nitrogen and oxygen atoms in total. The lowest BCUT2D eigenvalue weighted by Gasteiger charge is -2.26. The van der Waals surface area contributed by atoms with E-state index in [1.54, 1.807) is 12.4 Å². The Bertz CT molecular complexity index is 758. The second-order valence-electron chi connectivity index (χ2n) is 6.77. The molecule has 1 fully saturated rings. The van der Waals surface area contributed by atoms with Crippen molar-refractivity contribution in [3.63, 3.8) is 0 Å². The monoisotopic (exact) mass is 366 g/mol. The zero-order valence-corrected chi connectivity index (χ0v) is 15.5. The third-order valence-corrected chi connectivity index (χ3v) is 4.71. The summed E-state index contributed by atoms with van der Waals surface area (Å²) in [5, 5.41) is 5.91. The largest absolute Gasteiger partial charge is 0.338 e. The van der Waals surface area contributed by atoms with Crippen LogP contribution in [0.15, 0.2) is 48.8 Å². The lowest BCUT2D eigenvalue weighted by molar-refractivity contribution is -0.115. The molecular weight excluding hydrogens is 340 g/mol. The number of rotatable bonds is 6. The Morgan fingerprint density at radius 2 is 1.81 bits per heavy atom. The van der Waals surface area contributed by atoms with Gasteiger partial charge in [-0.1, -0.05) is 30.3 Å². The highest BCUT2D eigenvalue weighted by Crippen LogP contribution is 2.15. The van der Waals surface area contributed by atoms with E-state index in [0.29, 0.717) is 25.1 Å². The molecule has 3 rings (SSSR count). The van der Waals surface area contributed by atoms with Crippen LogP contribution in [0.25, 0.3) is 0 Å². The molecular formula is C21H26N4O2. The number of aromatic nitrogens is 1. The first-order valence-corrected chi connectivity index (χ1v) is 9.52. The first-order valence-electron chi connectivity index (χ1n) is 9.52. The fraction of sp³-hybridized carbons (Fsp3) is 0.381. The quantitative estimate of drug-likeness (QED) is 0.825. The van der Waals surface area contributed by atoms with Gasteiger partial charge in [0.25, 0.3) is 0 Å². The van der Waals surface area contributed by atoms with Crippen LogP contribution < -0.4 is 10.6 Å². The van der Waals surface area contributed by atoms with Gasteiger partial charge in [0.1, 0.15) is 0 Å². The molecule has 1 aliphatic heterocycles. The Morgan fingerprint density at radius 3 is 2.59 bits per heavy atom. The number of carbonyl (C=O) groups excluding carboxylic acids is 2. The number of piperidine rings is 1. The first-order chi connectivity index (χ1) is 13.2. The van der Waals surface area contributed by atoms with Crippen molar-refractivity contribution in [3.8, 4) is 0 Å². The van der Waals surface area contributed by atoms with Crippen LogP contribution in [0, 0.1) is 0 Å². The van der Waals surface area contributed by atoms with Gasteiger partial charge in [-0.25, -0.2) is 4.79 Å². The summed E-state index contributed by atoms with van der Waals surface area (Å²) in [6, 6.07) is 11.5. The number of nitrogens with zero attached hydrogens (tertiary/aromatic N) is 2. The first kappa shape index (κ1) is 18.9. The summed E-state index contributed by atoms with van der Waals surface area (Å²) in [7, 11) is 0. The van der Waals surface area contributed by atoms with E-state index in [1.807, 2.05) is 41.3 Å². The van der Waals surface area contributed by atoms with Crippen LogP contribution in [0.4, 0.5) is 10.5 Å². The van der Waals surface area contributed by atoms with Crippen molar-refractivity contribution in [3.05, 3.63) is 59.9 Å². The maximum absolute atomic E-state index is 12.3. The van der Waals surface area contributed by atoms with Crippen molar-refractivity contribution in [1.82, 2.24) is 15.2 Å². The summed E-state index contributed by atoms with van der Waals surface area (Å²) in [6.45, 7) is 2.20. The molecule has 0 radical (unpaired) electrons. The predicted octanol–water partition coefficient (Wildman–Crippen LogP) is 3.00. The maximum atomic E-state index is 12.3. The normalized spacial score (nSPS) is 13.9. The number of likely N-dealkylation sites (tertiary alicyclic amines) is 1. The van der Waals surface area contributed by atoms with E-state index in [4.69, 9.17) is 0 Å². The third kappa shape index (κ3) is 5.81. The zero-order valence-electron chi connectivity index (χ0n) is 15.5. The van der Waals surface area contributed by atoms with E-state index >= 15 is 0 Å². The molecule has 0 aliphatic carbocycles. The zero-order chi connectivity index (χ0) is 18.9. The van der Waals surface area contributed by atoms with Crippen molar-refractivity contribution >= 4 is 17.6 Å². The highest BCUT2D eigenvalue weighted by atomic mass is 16.2. The molecule has 0 spiro atoms. The molecule has 6 heteroatoms. The van der Waals surface area contributed by atoms with E-state index in [1.165, 1.54) is 6.42 Å². The van der Waals surface area contributed by atoms with Gasteiger partial charge in [-0.05, 0) is 42.9 Å². The minimum absolute atomic E-state index is 0.00146. The Morgan fingerprint density at radius 1 is 1.04 bits per heavy atom. The number of nitrogens with one attached hydrogen (secondary N) is 2. The van der Waals surface area contributed by atoms with E-state index in [0.717, 1.165) is 37.1 Å². The molecule has 2 aromatic rings. The summed E-state index contributed by atoms with van der Waals surface area (Å²) < 4.78 is 0. The molecule has 3 amide bonds. The standard InChI is InChI=1S/C21H26N4O2/c26-20(15-17-7-3-1-4-8-17)24-19-16-22-11-9-18(19)10-12-23-21(27)25-13-5-2-6-14-25/h1,3-4,7-9,11,16H,2,5-6,10,12-15H2,(H,23,27)(H,24,26). The lowest BCUT2D eigenvalue weighted by atomic mass is 10.1. The van der Waals surface area contributed by atoms with Crippen molar-refractivity contribution in [1.29, 1.82) is 0 Å². The number of hydrogen-bond donors (Lipinski definition) is 2. The highest BCUT2D eigenvalue weighted by Gasteiger charge is 2.16. The predicted molar refractivity (Wildman–Crippen MR) is 106 cm³/mol. The molecule has 142 valence electrons. The molecule has 2 N–H and O–H groups in total. The van der Waals surface area contributed by atoms with Crippen LogP contribution in [0.1, 0.15) is 30.4 Å². The van der Waals surface area contributed by atoms with Crippen LogP contribution >= 0.6 is 0 Å². The minimum Gasteiger partial charge on any atom is -0.338 e. The van der Waals surface area contributed by atoms with Gasteiger partial charge < -0.3 is 15.5 Å². The maximum Gasteiger partial charge on any atom is 0.317 e. The molecule has 0 atom stereocenters. The van der Waals surface area contributed by atoms with Crippen molar-refractivity contribution in [2.75, 3.05) is 25.0 Å². The molecule has 0 saturated carbocycles. The van der Waals surface area contributed by atoms with Crippen molar-refractivity contribution in [2.45, 2.75) is 32.1 Å². The second-order valence-corrected chi connectivity index (χ2v) is 6.77. The van der Waals surface area contributed by atoms with Crippen LogP contribution in [0.3, 0.4) is 0 Å². The number of benzene rings is 1. The molecule has 1 aromatic heterocycles. The van der Waals surface area contributed by atoms with Gasteiger partial charge in [0.05, 0.1) is 18.3 Å². The molecule has 2 heterocycles. The van der Waals surface area contributed by atoms with Crippen LogP contribution in [-0.4, -0.2) is 41.5 Å². The summed E-state index contributed by atoms with van der Waals surface area (Å²) in [5.74, 6) is -0.0761. The smallest absolute Gasteiger partial charge is 0.317 e. The van der Waals surface area contributed by atoms with Crippen LogP contribution in [0.5, 0.6) is 0 Å². The van der Waals surface area contributed by atoms with E-state index in [-0.39, 0.29) is 11.9 Å². The molecule has 1 aliphatic rings. The van der Waals surface area contributed by atoms with Gasteiger partial charge in [0.2, 0.25) is 5.91 Å².